The molecule has 1 fully saturated rings. The van der Waals surface area contributed by atoms with Crippen molar-refractivity contribution in [3.8, 4) is 10.6 Å². The molecule has 40 heavy (non-hydrogen) atoms. The SMILES string of the molecule is CC(C)(C)OC(=O)N1C[C@H](O)C[C@H]1C(=O)NCCn1cnc2cnc(Nc3ncc(-c4ncccc4F)s3)cc21. The van der Waals surface area contributed by atoms with Crippen LogP contribution >= 0.6 is 11.3 Å². The van der Waals surface area contributed by atoms with Crippen LogP contribution in [-0.4, -0.2) is 77.3 Å². The van der Waals surface area contributed by atoms with Crippen LogP contribution in [0.1, 0.15) is 27.2 Å². The molecule has 1 saturated heterocycles. The summed E-state index contributed by atoms with van der Waals surface area (Å²) < 4.78 is 21.3. The number of aromatic nitrogens is 5. The number of imidazole rings is 1. The number of carbonyl (C=O) groups is 2. The predicted octanol–water partition coefficient (Wildman–Crippen LogP) is 3.32. The summed E-state index contributed by atoms with van der Waals surface area (Å²) in [6.07, 6.45) is 5.07. The summed E-state index contributed by atoms with van der Waals surface area (Å²) in [4.78, 5) is 44.4. The highest BCUT2D eigenvalue weighted by atomic mass is 32.1. The molecule has 14 heteroatoms. The van der Waals surface area contributed by atoms with Gasteiger partial charge in [-0.15, -0.1) is 0 Å². The Labute approximate surface area is 233 Å². The van der Waals surface area contributed by atoms with Crippen molar-refractivity contribution in [3.05, 3.63) is 48.9 Å². The summed E-state index contributed by atoms with van der Waals surface area (Å²) in [6.45, 7) is 5.96. The number of thiazole rings is 1. The van der Waals surface area contributed by atoms with Gasteiger partial charge in [-0.1, -0.05) is 11.3 Å². The molecule has 2 amide bonds. The Kier molecular flexibility index (Phi) is 7.63. The second-order valence-electron chi connectivity index (χ2n) is 10.3. The van der Waals surface area contributed by atoms with Crippen LogP contribution in [0.4, 0.5) is 20.1 Å². The van der Waals surface area contributed by atoms with Crippen molar-refractivity contribution < 1.29 is 23.8 Å². The third-order valence-electron chi connectivity index (χ3n) is 6.10. The zero-order valence-electron chi connectivity index (χ0n) is 22.2. The molecule has 0 spiro atoms. The van der Waals surface area contributed by atoms with Crippen molar-refractivity contribution in [2.75, 3.05) is 18.4 Å². The number of halogens is 1. The van der Waals surface area contributed by atoms with Crippen LogP contribution in [0.2, 0.25) is 0 Å². The zero-order valence-corrected chi connectivity index (χ0v) is 23.0. The summed E-state index contributed by atoms with van der Waals surface area (Å²) in [7, 11) is 0. The van der Waals surface area contributed by atoms with Gasteiger partial charge in [-0.25, -0.2) is 24.1 Å². The van der Waals surface area contributed by atoms with Crippen molar-refractivity contribution in [2.45, 2.75) is 51.5 Å². The van der Waals surface area contributed by atoms with Crippen molar-refractivity contribution in [3.63, 3.8) is 0 Å². The van der Waals surface area contributed by atoms with Gasteiger partial charge in [-0.2, -0.15) is 0 Å². The van der Waals surface area contributed by atoms with E-state index in [-0.39, 0.29) is 31.1 Å². The number of amides is 2. The largest absolute Gasteiger partial charge is 0.444 e. The van der Waals surface area contributed by atoms with E-state index in [9.17, 15) is 19.1 Å². The minimum atomic E-state index is -0.813. The van der Waals surface area contributed by atoms with E-state index in [2.05, 4.69) is 30.6 Å². The zero-order chi connectivity index (χ0) is 28.4. The molecule has 210 valence electrons. The molecule has 5 heterocycles. The van der Waals surface area contributed by atoms with Gasteiger partial charge in [0.15, 0.2) is 5.13 Å². The third-order valence-corrected chi connectivity index (χ3v) is 7.02. The Balaban J connectivity index is 1.21. The monoisotopic (exact) mass is 568 g/mol. The Morgan fingerprint density at radius 1 is 1.23 bits per heavy atom. The Morgan fingerprint density at radius 3 is 2.83 bits per heavy atom. The van der Waals surface area contributed by atoms with Crippen LogP contribution in [0.3, 0.4) is 0 Å². The number of nitrogens with zero attached hydrogens (tertiary/aromatic N) is 6. The summed E-state index contributed by atoms with van der Waals surface area (Å²) in [6, 6.07) is 3.88. The maximum absolute atomic E-state index is 14.1. The maximum Gasteiger partial charge on any atom is 0.411 e. The van der Waals surface area contributed by atoms with Crippen molar-refractivity contribution in [2.24, 2.45) is 0 Å². The predicted molar refractivity (Wildman–Crippen MR) is 146 cm³/mol. The van der Waals surface area contributed by atoms with Crippen LogP contribution < -0.4 is 10.6 Å². The van der Waals surface area contributed by atoms with Crippen LogP contribution in [0.5, 0.6) is 0 Å². The first-order valence-corrected chi connectivity index (χ1v) is 13.5. The van der Waals surface area contributed by atoms with Crippen molar-refractivity contribution in [1.29, 1.82) is 0 Å². The highest BCUT2D eigenvalue weighted by molar-refractivity contribution is 7.18. The first-order valence-electron chi connectivity index (χ1n) is 12.7. The lowest BCUT2D eigenvalue weighted by atomic mass is 10.2. The molecular weight excluding hydrogens is 539 g/mol. The summed E-state index contributed by atoms with van der Waals surface area (Å²) >= 11 is 1.25. The van der Waals surface area contributed by atoms with Gasteiger partial charge in [0, 0.05) is 38.0 Å². The number of fused-ring (bicyclic) bond motifs is 1. The Hall–Kier alpha value is -4.17. The van der Waals surface area contributed by atoms with E-state index >= 15 is 0 Å². The lowest BCUT2D eigenvalue weighted by Gasteiger charge is -2.27. The minimum absolute atomic E-state index is 0.0410. The molecular formula is C26H29FN8O4S. The first-order chi connectivity index (χ1) is 19.1. The number of aliphatic hydroxyl groups is 1. The molecule has 0 saturated carbocycles. The molecule has 12 nitrogen and oxygen atoms in total. The van der Waals surface area contributed by atoms with Gasteiger partial charge in [0.25, 0.3) is 0 Å². The highest BCUT2D eigenvalue weighted by Gasteiger charge is 2.40. The number of ether oxygens (including phenoxy) is 1. The van der Waals surface area contributed by atoms with Crippen LogP contribution in [-0.2, 0) is 16.1 Å². The van der Waals surface area contributed by atoms with E-state index in [0.29, 0.717) is 27.9 Å². The molecule has 4 aromatic rings. The molecule has 2 atom stereocenters. The van der Waals surface area contributed by atoms with Gasteiger partial charge in [-0.05, 0) is 32.9 Å². The van der Waals surface area contributed by atoms with E-state index in [1.807, 2.05) is 10.6 Å². The molecule has 0 aliphatic carbocycles. The molecule has 0 bridgehead atoms. The summed E-state index contributed by atoms with van der Waals surface area (Å²) in [5.41, 5.74) is 0.974. The average Bonchev–Trinajstić information content (AvgIpc) is 3.62. The van der Waals surface area contributed by atoms with Gasteiger partial charge >= 0.3 is 6.09 Å². The Bertz CT molecular complexity index is 1530. The molecule has 5 rings (SSSR count). The number of aliphatic hydroxyl groups excluding tert-OH is 1. The quantitative estimate of drug-likeness (QED) is 0.305. The highest BCUT2D eigenvalue weighted by Crippen LogP contribution is 2.31. The molecule has 0 aromatic carbocycles. The van der Waals surface area contributed by atoms with Gasteiger partial charge in [0.1, 0.15) is 34.5 Å². The number of rotatable bonds is 7. The lowest BCUT2D eigenvalue weighted by molar-refractivity contribution is -0.125. The van der Waals surface area contributed by atoms with Gasteiger partial charge < -0.3 is 25.0 Å². The second kappa shape index (κ2) is 11.1. The summed E-state index contributed by atoms with van der Waals surface area (Å²) in [5.74, 6) is -0.261. The number of likely N-dealkylation sites (tertiary alicyclic amines) is 1. The standard InChI is InChI=1S/C26H29FN8O4S/c1-26(2,3)39-25(38)35-13-15(36)9-19(35)23(37)29-7-8-34-14-32-17-11-30-21(10-18(17)34)33-24-31-12-20(40-24)22-16(27)5-4-6-28-22/h4-6,10-12,14-15,19,36H,7-9,13H2,1-3H3,(H,29,37)(H,30,31,33)/t15-,19+/m1/s1. The summed E-state index contributed by atoms with van der Waals surface area (Å²) in [5, 5.41) is 16.6. The first kappa shape index (κ1) is 27.4. The van der Waals surface area contributed by atoms with Gasteiger partial charge in [0.05, 0.1) is 35.6 Å². The van der Waals surface area contributed by atoms with Gasteiger partial charge in [0.2, 0.25) is 5.91 Å². The molecule has 1 aliphatic heterocycles. The van der Waals surface area contributed by atoms with E-state index in [1.54, 1.807) is 39.5 Å². The molecule has 0 unspecified atom stereocenters. The van der Waals surface area contributed by atoms with E-state index < -0.39 is 29.7 Å². The topological polar surface area (TPSA) is 147 Å². The van der Waals surface area contributed by atoms with E-state index in [0.717, 1.165) is 5.52 Å². The van der Waals surface area contributed by atoms with Crippen LogP contribution in [0, 0.1) is 5.82 Å². The molecule has 1 aliphatic rings. The fraction of sp³-hybridized carbons (Fsp3) is 0.385. The number of hydrogen-bond acceptors (Lipinski definition) is 10. The number of nitrogens with one attached hydrogen (secondary N) is 2. The molecule has 4 aromatic heterocycles. The lowest BCUT2D eigenvalue weighted by Crippen LogP contribution is -2.48. The van der Waals surface area contributed by atoms with Crippen molar-refractivity contribution >= 4 is 45.3 Å². The maximum atomic E-state index is 14.1. The van der Waals surface area contributed by atoms with Crippen molar-refractivity contribution in [1.82, 2.24) is 34.7 Å². The number of β-amino-alcohol motifs (C(OH)–C–C–N with tert-alkyl or cyclic N) is 1. The van der Waals surface area contributed by atoms with Gasteiger partial charge in [-0.3, -0.25) is 14.7 Å². The van der Waals surface area contributed by atoms with Crippen LogP contribution in [0.25, 0.3) is 21.6 Å². The van der Waals surface area contributed by atoms with E-state index in [1.165, 1.54) is 34.6 Å². The van der Waals surface area contributed by atoms with Crippen LogP contribution in [0.15, 0.2) is 43.1 Å². The van der Waals surface area contributed by atoms with E-state index in [4.69, 9.17) is 4.74 Å². The molecule has 0 radical (unpaired) electrons. The normalized spacial score (nSPS) is 17.3. The number of pyridine rings is 2. The average molecular weight is 569 g/mol. The molecule has 3 N–H and O–H groups in total. The smallest absolute Gasteiger partial charge is 0.411 e. The second-order valence-corrected chi connectivity index (χ2v) is 11.3. The fourth-order valence-electron chi connectivity index (χ4n) is 4.33. The number of hydrogen-bond donors (Lipinski definition) is 3. The minimum Gasteiger partial charge on any atom is -0.444 e. The number of anilines is 2. The number of carbonyl (C=O) groups excluding carboxylic acids is 2. The Morgan fingerprint density at radius 2 is 2.05 bits per heavy atom. The fourth-order valence-corrected chi connectivity index (χ4v) is 5.15. The third kappa shape index (κ3) is 6.18.